The third-order valence-corrected chi connectivity index (χ3v) is 5.88. The Morgan fingerprint density at radius 3 is 2.81 bits per heavy atom. The maximum atomic E-state index is 12.2. The smallest absolute Gasteiger partial charge is 0.286 e. The van der Waals surface area contributed by atoms with Gasteiger partial charge >= 0.3 is 0 Å². The van der Waals surface area contributed by atoms with Crippen molar-refractivity contribution < 1.29 is 13.9 Å². The van der Waals surface area contributed by atoms with E-state index in [1.54, 1.807) is 6.08 Å². The number of carbonyl (C=O) groups is 1. The van der Waals surface area contributed by atoms with Crippen LogP contribution in [0.1, 0.15) is 11.3 Å². The van der Waals surface area contributed by atoms with Crippen LogP contribution in [0.5, 0.6) is 0 Å². The molecule has 0 N–H and O–H groups in total. The van der Waals surface area contributed by atoms with E-state index in [0.29, 0.717) is 23.9 Å². The topological polar surface area (TPSA) is 55.0 Å². The number of halogens is 1. The molecular formula is C19H17BrN2O3S. The van der Waals surface area contributed by atoms with Gasteiger partial charge < -0.3 is 14.1 Å². The summed E-state index contributed by atoms with van der Waals surface area (Å²) in [4.78, 5) is 19.1. The number of hydrogen-bond donors (Lipinski definition) is 0. The summed E-state index contributed by atoms with van der Waals surface area (Å²) in [6.07, 6.45) is 1.76. The molecule has 4 rings (SSSR count). The van der Waals surface area contributed by atoms with Crippen LogP contribution < -0.4 is 0 Å². The van der Waals surface area contributed by atoms with E-state index in [4.69, 9.17) is 9.15 Å². The standard InChI is InChI=1S/C19H17BrN2O3S/c1-12-2-4-14(15(20)10-12)16-5-3-13(25-16)11-17-18(23)21-19(26-17)22-6-8-24-9-7-22/h2-5,10-11H,6-9H2,1H3/b17-11+. The first kappa shape index (κ1) is 17.6. The van der Waals surface area contributed by atoms with E-state index in [-0.39, 0.29) is 5.91 Å². The van der Waals surface area contributed by atoms with Crippen LogP contribution in [-0.4, -0.2) is 42.3 Å². The molecule has 7 heteroatoms. The molecule has 1 aromatic heterocycles. The summed E-state index contributed by atoms with van der Waals surface area (Å²) in [6, 6.07) is 9.89. The molecule has 2 aromatic rings. The molecular weight excluding hydrogens is 416 g/mol. The molecule has 0 aliphatic carbocycles. The second kappa shape index (κ2) is 7.42. The molecule has 1 aromatic carbocycles. The largest absolute Gasteiger partial charge is 0.457 e. The molecule has 26 heavy (non-hydrogen) atoms. The zero-order valence-electron chi connectivity index (χ0n) is 14.2. The Bertz CT molecular complexity index is 913. The Morgan fingerprint density at radius 2 is 2.04 bits per heavy atom. The van der Waals surface area contributed by atoms with Gasteiger partial charge in [0.2, 0.25) is 0 Å². The second-order valence-electron chi connectivity index (χ2n) is 6.09. The Labute approximate surface area is 164 Å². The second-order valence-corrected chi connectivity index (χ2v) is 7.96. The third-order valence-electron chi connectivity index (χ3n) is 4.18. The molecule has 0 saturated carbocycles. The van der Waals surface area contributed by atoms with Gasteiger partial charge in [-0.1, -0.05) is 22.0 Å². The summed E-state index contributed by atoms with van der Waals surface area (Å²) in [5.74, 6) is 1.18. The van der Waals surface area contributed by atoms with Gasteiger partial charge in [-0.3, -0.25) is 4.79 Å². The molecule has 0 unspecified atom stereocenters. The van der Waals surface area contributed by atoms with Crippen molar-refractivity contribution in [1.82, 2.24) is 4.90 Å². The molecule has 3 heterocycles. The van der Waals surface area contributed by atoms with E-state index in [1.165, 1.54) is 17.3 Å². The average Bonchev–Trinajstić information content (AvgIpc) is 3.23. The SMILES string of the molecule is Cc1ccc(-c2ccc(/C=C3/SC(N4CCOCC4)=NC3=O)o2)c(Br)c1. The summed E-state index contributed by atoms with van der Waals surface area (Å²) in [6.45, 7) is 4.90. The predicted octanol–water partition coefficient (Wildman–Crippen LogP) is 4.32. The Morgan fingerprint density at radius 1 is 1.23 bits per heavy atom. The molecule has 2 aliphatic heterocycles. The fraction of sp³-hybridized carbons (Fsp3) is 0.263. The highest BCUT2D eigenvalue weighted by Crippen LogP contribution is 2.34. The molecule has 1 saturated heterocycles. The lowest BCUT2D eigenvalue weighted by molar-refractivity contribution is -0.113. The number of benzene rings is 1. The average molecular weight is 433 g/mol. The van der Waals surface area contributed by atoms with Gasteiger partial charge in [0, 0.05) is 29.2 Å². The maximum absolute atomic E-state index is 12.2. The first-order valence-electron chi connectivity index (χ1n) is 8.32. The van der Waals surface area contributed by atoms with Crippen molar-refractivity contribution in [1.29, 1.82) is 0 Å². The minimum atomic E-state index is -0.217. The van der Waals surface area contributed by atoms with Gasteiger partial charge in [0.1, 0.15) is 11.5 Å². The first-order valence-corrected chi connectivity index (χ1v) is 9.93. The summed E-state index contributed by atoms with van der Waals surface area (Å²) in [5.41, 5.74) is 2.16. The van der Waals surface area contributed by atoms with Crippen LogP contribution in [0, 0.1) is 6.92 Å². The van der Waals surface area contributed by atoms with Gasteiger partial charge in [-0.05, 0) is 48.5 Å². The highest BCUT2D eigenvalue weighted by Gasteiger charge is 2.27. The van der Waals surface area contributed by atoms with Crippen molar-refractivity contribution in [2.45, 2.75) is 6.92 Å². The lowest BCUT2D eigenvalue weighted by atomic mass is 10.1. The number of aryl methyl sites for hydroxylation is 1. The number of amides is 1. The molecule has 0 atom stereocenters. The number of nitrogens with zero attached hydrogens (tertiary/aromatic N) is 2. The number of morpholine rings is 1. The summed E-state index contributed by atoms with van der Waals surface area (Å²) in [7, 11) is 0. The lowest BCUT2D eigenvalue weighted by Crippen LogP contribution is -2.38. The zero-order chi connectivity index (χ0) is 18.1. The van der Waals surface area contributed by atoms with Crippen molar-refractivity contribution in [2.24, 2.45) is 4.99 Å². The van der Waals surface area contributed by atoms with Crippen LogP contribution in [0.4, 0.5) is 0 Å². The van der Waals surface area contributed by atoms with Gasteiger partial charge in [0.25, 0.3) is 5.91 Å². The molecule has 0 radical (unpaired) electrons. The van der Waals surface area contributed by atoms with Crippen LogP contribution >= 0.6 is 27.7 Å². The minimum Gasteiger partial charge on any atom is -0.457 e. The first-order chi connectivity index (χ1) is 12.6. The van der Waals surface area contributed by atoms with Crippen molar-refractivity contribution in [2.75, 3.05) is 26.3 Å². The molecule has 1 amide bonds. The number of hydrogen-bond acceptors (Lipinski definition) is 5. The van der Waals surface area contributed by atoms with Crippen LogP contribution in [0.2, 0.25) is 0 Å². The van der Waals surface area contributed by atoms with Gasteiger partial charge in [-0.2, -0.15) is 4.99 Å². The van der Waals surface area contributed by atoms with E-state index < -0.39 is 0 Å². The fourth-order valence-corrected chi connectivity index (χ4v) is 4.45. The van der Waals surface area contributed by atoms with Crippen molar-refractivity contribution in [3.8, 4) is 11.3 Å². The van der Waals surface area contributed by atoms with E-state index in [1.807, 2.05) is 31.2 Å². The van der Waals surface area contributed by atoms with Crippen LogP contribution in [0.25, 0.3) is 17.4 Å². The van der Waals surface area contributed by atoms with Gasteiger partial charge in [0.15, 0.2) is 5.17 Å². The summed E-state index contributed by atoms with van der Waals surface area (Å²) < 4.78 is 12.3. The Hall–Kier alpha value is -1.83. The molecule has 2 aliphatic rings. The zero-order valence-corrected chi connectivity index (χ0v) is 16.6. The summed E-state index contributed by atoms with van der Waals surface area (Å²) in [5, 5.41) is 0.748. The van der Waals surface area contributed by atoms with E-state index in [0.717, 1.165) is 34.1 Å². The lowest BCUT2D eigenvalue weighted by Gasteiger charge is -2.27. The monoisotopic (exact) mass is 432 g/mol. The fourth-order valence-electron chi connectivity index (χ4n) is 2.81. The number of thioether (sulfide) groups is 1. The van der Waals surface area contributed by atoms with E-state index >= 15 is 0 Å². The predicted molar refractivity (Wildman–Crippen MR) is 107 cm³/mol. The van der Waals surface area contributed by atoms with E-state index in [2.05, 4.69) is 31.9 Å². The van der Waals surface area contributed by atoms with Crippen LogP contribution in [0.15, 0.2) is 49.1 Å². The van der Waals surface area contributed by atoms with Gasteiger partial charge in [-0.15, -0.1) is 0 Å². The van der Waals surface area contributed by atoms with Crippen LogP contribution in [-0.2, 0) is 9.53 Å². The van der Waals surface area contributed by atoms with Crippen molar-refractivity contribution in [3.63, 3.8) is 0 Å². The van der Waals surface area contributed by atoms with Crippen molar-refractivity contribution in [3.05, 3.63) is 51.0 Å². The number of amidine groups is 1. The Balaban J connectivity index is 1.52. The molecule has 0 spiro atoms. The maximum Gasteiger partial charge on any atom is 0.286 e. The van der Waals surface area contributed by atoms with Crippen LogP contribution in [0.3, 0.4) is 0 Å². The Kier molecular flexibility index (Phi) is 5.02. The van der Waals surface area contributed by atoms with Gasteiger partial charge in [0.05, 0.1) is 18.1 Å². The molecule has 134 valence electrons. The number of rotatable bonds is 2. The van der Waals surface area contributed by atoms with E-state index in [9.17, 15) is 4.79 Å². The van der Waals surface area contributed by atoms with Gasteiger partial charge in [-0.25, -0.2) is 0 Å². The minimum absolute atomic E-state index is 0.217. The summed E-state index contributed by atoms with van der Waals surface area (Å²) >= 11 is 4.97. The highest BCUT2D eigenvalue weighted by molar-refractivity contribution is 9.10. The third kappa shape index (κ3) is 3.65. The number of carbonyl (C=O) groups excluding carboxylic acids is 1. The highest BCUT2D eigenvalue weighted by atomic mass is 79.9. The quantitative estimate of drug-likeness (QED) is 0.661. The molecule has 1 fully saturated rings. The molecule has 5 nitrogen and oxygen atoms in total. The normalized spacial score (nSPS) is 19.3. The number of ether oxygens (including phenoxy) is 1. The van der Waals surface area contributed by atoms with Crippen molar-refractivity contribution >= 4 is 44.8 Å². The number of furan rings is 1. The molecule has 0 bridgehead atoms. The number of aliphatic imine (C=N–C) groups is 1.